The predicted molar refractivity (Wildman–Crippen MR) is 167 cm³/mol. The first-order valence-electron chi connectivity index (χ1n) is 16.0. The molecule has 2 fully saturated rings. The number of rotatable bonds is 13. The zero-order valence-electron chi connectivity index (χ0n) is 26.8. The van der Waals surface area contributed by atoms with Crippen molar-refractivity contribution in [1.82, 2.24) is 44.9 Å². The molecule has 0 spiro atoms. The average molecular weight is 684 g/mol. The lowest BCUT2D eigenvalue weighted by atomic mass is 9.90. The summed E-state index contributed by atoms with van der Waals surface area (Å²) in [5, 5.41) is 28.4. The number of ether oxygens (including phenoxy) is 4. The van der Waals surface area contributed by atoms with Gasteiger partial charge in [-0.2, -0.15) is 5.26 Å². The molecule has 2 aliphatic rings. The molecule has 49 heavy (non-hydrogen) atoms. The molecule has 260 valence electrons. The van der Waals surface area contributed by atoms with Gasteiger partial charge < -0.3 is 19.5 Å². The van der Waals surface area contributed by atoms with Gasteiger partial charge in [0.05, 0.1) is 44.2 Å². The molecule has 1 saturated carbocycles. The molecule has 18 heteroatoms. The minimum atomic E-state index is -4.76. The highest BCUT2D eigenvalue weighted by atomic mass is 19.4. The Morgan fingerprint density at radius 1 is 1.06 bits per heavy atom. The summed E-state index contributed by atoms with van der Waals surface area (Å²) < 4.78 is 62.0. The number of benzene rings is 1. The van der Waals surface area contributed by atoms with E-state index < -0.39 is 13.0 Å². The largest absolute Gasteiger partial charge is 0.522 e. The second kappa shape index (κ2) is 15.6. The Morgan fingerprint density at radius 3 is 2.51 bits per heavy atom. The van der Waals surface area contributed by atoms with Gasteiger partial charge in [-0.3, -0.25) is 14.3 Å². The minimum absolute atomic E-state index is 0.105. The van der Waals surface area contributed by atoms with Crippen molar-refractivity contribution in [2.24, 2.45) is 0 Å². The SMILES string of the molecule is C[C@@H](Cn1cnnn1)Oc1cc(-c2cnc(Nc3cn(C4CCC(N5CCOCC5)CC4)nc3OCCOC(F)(F)F)nc2)ccc1C#N. The van der Waals surface area contributed by atoms with Gasteiger partial charge in [-0.15, -0.1) is 23.4 Å². The number of hydrogen-bond donors (Lipinski definition) is 1. The quantitative estimate of drug-likeness (QED) is 0.200. The maximum Gasteiger partial charge on any atom is 0.522 e. The van der Waals surface area contributed by atoms with Gasteiger partial charge in [-0.25, -0.2) is 14.6 Å². The predicted octanol–water partition coefficient (Wildman–Crippen LogP) is 4.14. The number of tetrazole rings is 1. The summed E-state index contributed by atoms with van der Waals surface area (Å²) in [5.41, 5.74) is 2.18. The van der Waals surface area contributed by atoms with Gasteiger partial charge in [0.15, 0.2) is 0 Å². The third kappa shape index (κ3) is 9.19. The first-order valence-corrected chi connectivity index (χ1v) is 16.0. The number of halogens is 3. The number of nitrogens with zero attached hydrogens (tertiary/aromatic N) is 10. The van der Waals surface area contributed by atoms with Gasteiger partial charge in [0.1, 0.15) is 36.5 Å². The maximum atomic E-state index is 12.5. The molecule has 1 saturated heterocycles. The normalized spacial score (nSPS) is 19.2. The molecule has 0 bridgehead atoms. The highest BCUT2D eigenvalue weighted by molar-refractivity contribution is 5.67. The first-order chi connectivity index (χ1) is 23.7. The summed E-state index contributed by atoms with van der Waals surface area (Å²) in [7, 11) is 0. The highest BCUT2D eigenvalue weighted by Gasteiger charge is 2.30. The van der Waals surface area contributed by atoms with Crippen molar-refractivity contribution in [2.45, 2.75) is 63.7 Å². The fourth-order valence-electron chi connectivity index (χ4n) is 6.02. The van der Waals surface area contributed by atoms with E-state index >= 15 is 0 Å². The van der Waals surface area contributed by atoms with Crippen LogP contribution in [0, 0.1) is 11.3 Å². The Labute approximate surface area is 279 Å². The molecule has 1 aliphatic carbocycles. The van der Waals surface area contributed by atoms with E-state index in [1.807, 2.05) is 11.6 Å². The van der Waals surface area contributed by atoms with Crippen molar-refractivity contribution in [3.63, 3.8) is 0 Å². The summed E-state index contributed by atoms with van der Waals surface area (Å²) in [6.45, 7) is 4.57. The van der Waals surface area contributed by atoms with Gasteiger partial charge in [0.2, 0.25) is 5.95 Å². The summed E-state index contributed by atoms with van der Waals surface area (Å²) in [5.74, 6) is 0.750. The van der Waals surface area contributed by atoms with E-state index in [0.717, 1.165) is 57.6 Å². The van der Waals surface area contributed by atoms with Crippen LogP contribution in [0.25, 0.3) is 11.1 Å². The lowest BCUT2D eigenvalue weighted by molar-refractivity contribution is -0.325. The van der Waals surface area contributed by atoms with Crippen LogP contribution in [0.1, 0.15) is 44.2 Å². The topological polar surface area (TPSA) is 163 Å². The summed E-state index contributed by atoms with van der Waals surface area (Å²) >= 11 is 0. The number of nitrogens with one attached hydrogen (secondary N) is 1. The van der Waals surface area contributed by atoms with Crippen LogP contribution in [0.3, 0.4) is 0 Å². The number of alkyl halides is 3. The van der Waals surface area contributed by atoms with E-state index in [4.69, 9.17) is 14.2 Å². The molecule has 1 atom stereocenters. The Kier molecular flexibility index (Phi) is 10.8. The van der Waals surface area contributed by atoms with Crippen molar-refractivity contribution in [3.05, 3.63) is 48.7 Å². The lowest BCUT2D eigenvalue weighted by Gasteiger charge is -2.38. The van der Waals surface area contributed by atoms with Crippen LogP contribution in [0.2, 0.25) is 0 Å². The second-order valence-electron chi connectivity index (χ2n) is 11.8. The summed E-state index contributed by atoms with van der Waals surface area (Å²) in [6, 6.07) is 7.92. The number of aromatic nitrogens is 8. The Morgan fingerprint density at radius 2 is 1.82 bits per heavy atom. The minimum Gasteiger partial charge on any atom is -0.487 e. The average Bonchev–Trinajstić information content (AvgIpc) is 3.77. The zero-order chi connectivity index (χ0) is 34.2. The van der Waals surface area contributed by atoms with Gasteiger partial charge >= 0.3 is 6.36 Å². The van der Waals surface area contributed by atoms with E-state index in [2.05, 4.69) is 51.6 Å². The van der Waals surface area contributed by atoms with Crippen LogP contribution in [0.4, 0.5) is 24.8 Å². The van der Waals surface area contributed by atoms with E-state index in [0.29, 0.717) is 35.2 Å². The first kappa shape index (κ1) is 34.0. The fourth-order valence-corrected chi connectivity index (χ4v) is 6.02. The third-order valence-electron chi connectivity index (χ3n) is 8.39. The molecule has 1 aliphatic heterocycles. The Bertz CT molecular complexity index is 1680. The standard InChI is InChI=1S/C31H36F3N11O4/c1-21(18-44-20-38-41-42-44)49-28-14-22(2-3-23(28)15-35)24-16-36-30(37-17-24)39-27-19-45(40-29(27)47-12-13-48-31(32,33)34)26-6-4-25(5-7-26)43-8-10-46-11-9-43/h2-3,14,16-17,19-21,25-26H,4-13,18H2,1H3,(H,36,37,39)/t21-,25?,26?/m0/s1. The molecule has 1 aromatic carbocycles. The molecule has 1 N–H and O–H groups in total. The van der Waals surface area contributed by atoms with Gasteiger partial charge in [-0.1, -0.05) is 6.07 Å². The van der Waals surface area contributed by atoms with E-state index in [-0.39, 0.29) is 30.6 Å². The van der Waals surface area contributed by atoms with E-state index in [9.17, 15) is 18.4 Å². The van der Waals surface area contributed by atoms with Crippen LogP contribution < -0.4 is 14.8 Å². The molecule has 0 amide bonds. The van der Waals surface area contributed by atoms with Crippen LogP contribution in [0.5, 0.6) is 11.6 Å². The summed E-state index contributed by atoms with van der Waals surface area (Å²) in [4.78, 5) is 11.4. The maximum absolute atomic E-state index is 12.5. The van der Waals surface area contributed by atoms with Crippen molar-refractivity contribution in [2.75, 3.05) is 44.8 Å². The molecule has 4 aromatic rings. The highest BCUT2D eigenvalue weighted by Crippen LogP contribution is 2.35. The lowest BCUT2D eigenvalue weighted by Crippen LogP contribution is -2.45. The molecule has 4 heterocycles. The Hall–Kier alpha value is -4.86. The van der Waals surface area contributed by atoms with Crippen LogP contribution in [-0.4, -0.2) is 103 Å². The fraction of sp³-hybridized carbons (Fsp3) is 0.516. The van der Waals surface area contributed by atoms with Crippen molar-refractivity contribution < 1.29 is 32.1 Å². The number of anilines is 2. The molecule has 15 nitrogen and oxygen atoms in total. The number of morpholine rings is 1. The van der Waals surface area contributed by atoms with E-state index in [1.54, 1.807) is 36.8 Å². The zero-order valence-corrected chi connectivity index (χ0v) is 26.8. The van der Waals surface area contributed by atoms with Gasteiger partial charge in [0.25, 0.3) is 5.88 Å². The van der Waals surface area contributed by atoms with E-state index in [1.165, 1.54) is 11.0 Å². The molecular weight excluding hydrogens is 647 g/mol. The molecule has 0 radical (unpaired) electrons. The second-order valence-corrected chi connectivity index (χ2v) is 11.8. The molecule has 0 unspecified atom stereocenters. The van der Waals surface area contributed by atoms with Crippen molar-refractivity contribution in [3.8, 4) is 28.8 Å². The monoisotopic (exact) mass is 683 g/mol. The van der Waals surface area contributed by atoms with Gasteiger partial charge in [-0.05, 0) is 60.7 Å². The van der Waals surface area contributed by atoms with Gasteiger partial charge in [0, 0.05) is 37.1 Å². The molecule has 3 aromatic heterocycles. The number of hydrogen-bond acceptors (Lipinski definition) is 13. The Balaban J connectivity index is 1.14. The summed E-state index contributed by atoms with van der Waals surface area (Å²) in [6.07, 6.45) is 5.21. The van der Waals surface area contributed by atoms with Crippen molar-refractivity contribution in [1.29, 1.82) is 5.26 Å². The number of nitriles is 1. The van der Waals surface area contributed by atoms with Crippen LogP contribution in [-0.2, 0) is 16.0 Å². The van der Waals surface area contributed by atoms with Crippen LogP contribution in [0.15, 0.2) is 43.1 Å². The third-order valence-corrected chi connectivity index (χ3v) is 8.39. The molecule has 6 rings (SSSR count). The molecular formula is C31H36F3N11O4. The van der Waals surface area contributed by atoms with Crippen LogP contribution >= 0.6 is 0 Å². The smallest absolute Gasteiger partial charge is 0.487 e. The van der Waals surface area contributed by atoms with Crippen molar-refractivity contribution >= 4 is 11.6 Å².